The van der Waals surface area contributed by atoms with Crippen molar-refractivity contribution >= 4 is 5.91 Å². The molecule has 1 saturated carbocycles. The van der Waals surface area contributed by atoms with Crippen LogP contribution in [0.4, 0.5) is 13.2 Å². The zero-order valence-corrected chi connectivity index (χ0v) is 13.1. The third-order valence-corrected chi connectivity index (χ3v) is 5.42. The van der Waals surface area contributed by atoms with Crippen LogP contribution in [0.15, 0.2) is 24.3 Å². The molecule has 1 N–H and O–H groups in total. The number of hydrogen-bond acceptors (Lipinski definition) is 3. The molecular formula is C17H19F3N2O2. The molecule has 1 aromatic carbocycles. The summed E-state index contributed by atoms with van der Waals surface area (Å²) in [4.78, 5) is 15.0. The van der Waals surface area contributed by atoms with E-state index < -0.39 is 6.36 Å². The zero-order valence-electron chi connectivity index (χ0n) is 13.1. The van der Waals surface area contributed by atoms with Crippen molar-refractivity contribution in [3.8, 4) is 5.75 Å². The van der Waals surface area contributed by atoms with Gasteiger partial charge in [-0.05, 0) is 48.8 Å². The van der Waals surface area contributed by atoms with E-state index >= 15 is 0 Å². The standard InChI is InChI=1S/C17H19F3N2O2/c18-17(19,20)24-14-3-1-2-11(6-14)16(23)21-15-12-4-10-5-13(15)9-22(7-10)8-12/h1-3,6,10,12-13,15H,4-5,7-9H2,(H,21,23)/t10?,12-,13-,15?/m0/s1. The molecule has 1 aliphatic carbocycles. The number of halogens is 3. The van der Waals surface area contributed by atoms with E-state index in [1.165, 1.54) is 24.7 Å². The quantitative estimate of drug-likeness (QED) is 0.920. The Morgan fingerprint density at radius 1 is 1.17 bits per heavy atom. The van der Waals surface area contributed by atoms with Crippen molar-refractivity contribution in [3.05, 3.63) is 29.8 Å². The minimum absolute atomic E-state index is 0.123. The van der Waals surface area contributed by atoms with E-state index in [0.29, 0.717) is 11.8 Å². The predicted molar refractivity (Wildman–Crippen MR) is 80.5 cm³/mol. The van der Waals surface area contributed by atoms with Crippen molar-refractivity contribution < 1.29 is 22.7 Å². The predicted octanol–water partition coefficient (Wildman–Crippen LogP) is 2.66. The third kappa shape index (κ3) is 3.09. The highest BCUT2D eigenvalue weighted by Crippen LogP contribution is 2.43. The maximum atomic E-state index is 12.5. The minimum Gasteiger partial charge on any atom is -0.406 e. The number of carbonyl (C=O) groups excluding carboxylic acids is 1. The first-order valence-corrected chi connectivity index (χ1v) is 8.26. The SMILES string of the molecule is O=C(NC1[C@H]2CC3C[C@H]1CN(C3)C2)c1cccc(OC(F)(F)F)c1. The van der Waals surface area contributed by atoms with Gasteiger partial charge in [-0.25, -0.2) is 0 Å². The molecule has 0 spiro atoms. The van der Waals surface area contributed by atoms with Crippen LogP contribution in [0.2, 0.25) is 0 Å². The van der Waals surface area contributed by atoms with Crippen LogP contribution in [0.25, 0.3) is 0 Å². The molecule has 130 valence electrons. The summed E-state index contributed by atoms with van der Waals surface area (Å²) in [5, 5.41) is 3.07. The van der Waals surface area contributed by atoms with E-state index in [9.17, 15) is 18.0 Å². The van der Waals surface area contributed by atoms with Crippen LogP contribution in [0.1, 0.15) is 23.2 Å². The van der Waals surface area contributed by atoms with Gasteiger partial charge in [0, 0.05) is 31.2 Å². The number of carbonyl (C=O) groups is 1. The van der Waals surface area contributed by atoms with Crippen molar-refractivity contribution in [2.24, 2.45) is 17.8 Å². The van der Waals surface area contributed by atoms with Gasteiger partial charge in [-0.2, -0.15) is 0 Å². The van der Waals surface area contributed by atoms with Crippen LogP contribution in [0, 0.1) is 17.8 Å². The molecule has 1 amide bonds. The lowest BCUT2D eigenvalue weighted by Gasteiger charge is -2.55. The second-order valence-electron chi connectivity index (χ2n) is 7.15. The van der Waals surface area contributed by atoms with Gasteiger partial charge in [0.2, 0.25) is 0 Å². The molecule has 1 aromatic rings. The third-order valence-electron chi connectivity index (χ3n) is 5.42. The Morgan fingerprint density at radius 2 is 1.88 bits per heavy atom. The second kappa shape index (κ2) is 5.65. The minimum atomic E-state index is -4.76. The number of ether oxygens (including phenoxy) is 1. The molecule has 0 aromatic heterocycles. The fraction of sp³-hybridized carbons (Fsp3) is 0.588. The summed E-state index contributed by atoms with van der Waals surface area (Å²) >= 11 is 0. The molecule has 4 bridgehead atoms. The largest absolute Gasteiger partial charge is 0.573 e. The van der Waals surface area contributed by atoms with Crippen molar-refractivity contribution in [2.75, 3.05) is 19.6 Å². The molecule has 4 fully saturated rings. The van der Waals surface area contributed by atoms with Gasteiger partial charge in [0.15, 0.2) is 0 Å². The van der Waals surface area contributed by atoms with Crippen molar-refractivity contribution in [3.63, 3.8) is 0 Å². The normalized spacial score (nSPS) is 34.2. The Hall–Kier alpha value is -1.76. The van der Waals surface area contributed by atoms with Gasteiger partial charge in [-0.1, -0.05) is 6.07 Å². The van der Waals surface area contributed by atoms with Crippen LogP contribution in [0.5, 0.6) is 5.75 Å². The number of rotatable bonds is 3. The number of nitrogens with one attached hydrogen (secondary N) is 1. The van der Waals surface area contributed by atoms with Crippen molar-refractivity contribution in [1.82, 2.24) is 10.2 Å². The maximum absolute atomic E-state index is 12.5. The summed E-state index contributed by atoms with van der Waals surface area (Å²) in [6, 6.07) is 5.37. The van der Waals surface area contributed by atoms with Crippen molar-refractivity contribution in [1.29, 1.82) is 0 Å². The number of benzene rings is 1. The first kappa shape index (κ1) is 15.7. The average Bonchev–Trinajstić information content (AvgIpc) is 2.48. The number of hydrogen-bond donors (Lipinski definition) is 1. The van der Waals surface area contributed by atoms with Crippen LogP contribution in [0.3, 0.4) is 0 Å². The highest BCUT2D eigenvalue weighted by Gasteiger charge is 2.47. The molecule has 5 rings (SSSR count). The highest BCUT2D eigenvalue weighted by atomic mass is 19.4. The molecular weight excluding hydrogens is 321 g/mol. The van der Waals surface area contributed by atoms with Gasteiger partial charge in [0.1, 0.15) is 5.75 Å². The van der Waals surface area contributed by atoms with Crippen LogP contribution in [-0.4, -0.2) is 42.8 Å². The smallest absolute Gasteiger partial charge is 0.406 e. The summed E-state index contributed by atoms with van der Waals surface area (Å²) < 4.78 is 40.8. The van der Waals surface area contributed by atoms with Gasteiger partial charge in [0.25, 0.3) is 5.91 Å². The van der Waals surface area contributed by atoms with Gasteiger partial charge in [-0.3, -0.25) is 4.79 Å². The number of amides is 1. The van der Waals surface area contributed by atoms with E-state index in [4.69, 9.17) is 0 Å². The number of nitrogens with zero attached hydrogens (tertiary/aromatic N) is 1. The van der Waals surface area contributed by atoms with Crippen LogP contribution >= 0.6 is 0 Å². The second-order valence-corrected chi connectivity index (χ2v) is 7.15. The molecule has 0 unspecified atom stereocenters. The monoisotopic (exact) mass is 340 g/mol. The van der Waals surface area contributed by atoms with Crippen LogP contribution in [-0.2, 0) is 0 Å². The average molecular weight is 340 g/mol. The van der Waals surface area contributed by atoms with Gasteiger partial charge >= 0.3 is 6.36 Å². The molecule has 4 aliphatic rings. The Kier molecular flexibility index (Phi) is 3.71. The summed E-state index contributed by atoms with van der Waals surface area (Å²) in [6.45, 7) is 3.19. The summed E-state index contributed by atoms with van der Waals surface area (Å²) in [6.07, 6.45) is -2.49. The molecule has 3 heterocycles. The summed E-state index contributed by atoms with van der Waals surface area (Å²) in [5.41, 5.74) is 0.200. The van der Waals surface area contributed by atoms with E-state index in [0.717, 1.165) is 37.9 Å². The molecule has 0 radical (unpaired) electrons. The Morgan fingerprint density at radius 3 is 2.50 bits per heavy atom. The Labute approximate surface area is 138 Å². The first-order chi connectivity index (χ1) is 11.4. The molecule has 24 heavy (non-hydrogen) atoms. The zero-order chi connectivity index (χ0) is 16.9. The number of alkyl halides is 3. The Balaban J connectivity index is 1.46. The molecule has 3 saturated heterocycles. The highest BCUT2D eigenvalue weighted by molar-refractivity contribution is 5.94. The van der Waals surface area contributed by atoms with E-state index in [1.54, 1.807) is 0 Å². The molecule has 3 aliphatic heterocycles. The van der Waals surface area contributed by atoms with E-state index in [1.807, 2.05) is 0 Å². The van der Waals surface area contributed by atoms with E-state index in [2.05, 4.69) is 15.0 Å². The van der Waals surface area contributed by atoms with Gasteiger partial charge in [0.05, 0.1) is 0 Å². The molecule has 4 nitrogen and oxygen atoms in total. The lowest BCUT2D eigenvalue weighted by molar-refractivity contribution is -0.274. The lowest BCUT2D eigenvalue weighted by atomic mass is 9.65. The fourth-order valence-electron chi connectivity index (χ4n) is 4.71. The van der Waals surface area contributed by atoms with Crippen molar-refractivity contribution in [2.45, 2.75) is 25.2 Å². The van der Waals surface area contributed by atoms with Crippen LogP contribution < -0.4 is 10.1 Å². The van der Waals surface area contributed by atoms with E-state index in [-0.39, 0.29) is 23.3 Å². The molecule has 2 atom stereocenters. The fourth-order valence-corrected chi connectivity index (χ4v) is 4.71. The van der Waals surface area contributed by atoms with Gasteiger partial charge < -0.3 is 15.0 Å². The topological polar surface area (TPSA) is 41.6 Å². The summed E-state index contributed by atoms with van der Waals surface area (Å²) in [7, 11) is 0. The first-order valence-electron chi connectivity index (χ1n) is 8.26. The lowest BCUT2D eigenvalue weighted by Crippen LogP contribution is -2.64. The molecule has 7 heteroatoms. The Bertz CT molecular complexity index is 619. The number of piperidine rings is 3. The maximum Gasteiger partial charge on any atom is 0.573 e. The van der Waals surface area contributed by atoms with Gasteiger partial charge in [-0.15, -0.1) is 13.2 Å². The summed E-state index contributed by atoms with van der Waals surface area (Å²) in [5.74, 6) is 0.949.